The smallest absolute Gasteiger partial charge is 0.293 e. The van der Waals surface area contributed by atoms with Gasteiger partial charge in [-0.05, 0) is 36.6 Å². The highest BCUT2D eigenvalue weighted by molar-refractivity contribution is 5.90. The molecule has 2 aromatic heterocycles. The lowest BCUT2D eigenvalue weighted by Crippen LogP contribution is -2.26. The Balaban J connectivity index is 1.39. The third kappa shape index (κ3) is 5.09. The largest absolute Gasteiger partial charge is 0.435 e. The van der Waals surface area contributed by atoms with Crippen LogP contribution in [0, 0.1) is 11.7 Å². The minimum absolute atomic E-state index is 0.0117. The first-order chi connectivity index (χ1) is 14.7. The third-order valence-electron chi connectivity index (χ3n) is 5.00. The summed E-state index contributed by atoms with van der Waals surface area (Å²) in [6, 6.07) is 7.10. The highest BCUT2D eigenvalue weighted by Crippen LogP contribution is 2.42. The summed E-state index contributed by atoms with van der Waals surface area (Å²) in [6.45, 7) is 1.89. The molecule has 31 heavy (non-hydrogen) atoms. The maximum atomic E-state index is 13.3. The van der Waals surface area contributed by atoms with Crippen molar-refractivity contribution in [3.05, 3.63) is 59.4 Å². The van der Waals surface area contributed by atoms with Gasteiger partial charge in [-0.3, -0.25) is 14.8 Å². The molecule has 0 aliphatic heterocycles. The van der Waals surface area contributed by atoms with Crippen LogP contribution in [0.1, 0.15) is 42.6 Å². The van der Waals surface area contributed by atoms with Gasteiger partial charge in [0.05, 0.1) is 19.0 Å². The molecule has 0 bridgehead atoms. The van der Waals surface area contributed by atoms with Gasteiger partial charge in [0.15, 0.2) is 5.69 Å². The molecule has 0 saturated heterocycles. The first-order valence-electron chi connectivity index (χ1n) is 9.79. The molecule has 2 heterocycles. The van der Waals surface area contributed by atoms with Gasteiger partial charge in [-0.1, -0.05) is 19.1 Å². The molecular formula is C20H20F4N6O. The fourth-order valence-electron chi connectivity index (χ4n) is 3.25. The van der Waals surface area contributed by atoms with E-state index in [1.54, 1.807) is 19.1 Å². The van der Waals surface area contributed by atoms with E-state index in [0.717, 1.165) is 18.9 Å². The Morgan fingerprint density at radius 2 is 2.03 bits per heavy atom. The van der Waals surface area contributed by atoms with Crippen LogP contribution in [0.4, 0.5) is 23.5 Å². The second-order valence-corrected chi connectivity index (χ2v) is 7.69. The minimum Gasteiger partial charge on any atom is -0.293 e. The molecule has 1 aliphatic rings. The summed E-state index contributed by atoms with van der Waals surface area (Å²) in [4.78, 5) is 16.5. The summed E-state index contributed by atoms with van der Waals surface area (Å²) < 4.78 is 55.1. The molecule has 164 valence electrons. The molecule has 7 nitrogen and oxygen atoms in total. The number of rotatable bonds is 7. The highest BCUT2D eigenvalue weighted by atomic mass is 19.4. The summed E-state index contributed by atoms with van der Waals surface area (Å²) in [7, 11) is 0. The Hall–Kier alpha value is -3.24. The van der Waals surface area contributed by atoms with Crippen molar-refractivity contribution >= 4 is 11.9 Å². The van der Waals surface area contributed by atoms with E-state index in [4.69, 9.17) is 0 Å². The monoisotopic (exact) mass is 436 g/mol. The number of nitrogens with zero attached hydrogens (tertiary/aromatic N) is 5. The summed E-state index contributed by atoms with van der Waals surface area (Å²) >= 11 is 0. The van der Waals surface area contributed by atoms with E-state index < -0.39 is 23.7 Å². The van der Waals surface area contributed by atoms with Crippen molar-refractivity contribution in [2.24, 2.45) is 5.92 Å². The van der Waals surface area contributed by atoms with Crippen molar-refractivity contribution < 1.29 is 22.4 Å². The van der Waals surface area contributed by atoms with Gasteiger partial charge in [0, 0.05) is 11.6 Å². The van der Waals surface area contributed by atoms with Crippen molar-refractivity contribution in [3.63, 3.8) is 0 Å². The number of aromatic nitrogens is 5. The molecule has 1 aliphatic carbocycles. The molecule has 1 fully saturated rings. The quantitative estimate of drug-likeness (QED) is 0.571. The standard InChI is InChI=1S/C20H20F4N6O/c1-12(9-30-16(14-5-6-14)8-17(27-30)20(22,23)24)18(31)26-19-25-11-29(28-19)10-13-3-2-4-15(21)7-13/h2-4,7-8,11-12,14H,5-6,9-10H2,1H3,(H,26,28,31). The number of hydrogen-bond donors (Lipinski definition) is 1. The molecule has 0 spiro atoms. The van der Waals surface area contributed by atoms with Crippen LogP contribution in [-0.4, -0.2) is 30.5 Å². The second kappa shape index (κ2) is 8.12. The van der Waals surface area contributed by atoms with E-state index in [-0.39, 0.29) is 30.8 Å². The fourth-order valence-corrected chi connectivity index (χ4v) is 3.25. The topological polar surface area (TPSA) is 77.6 Å². The number of nitrogens with one attached hydrogen (secondary N) is 1. The molecule has 1 atom stereocenters. The maximum Gasteiger partial charge on any atom is 0.435 e. The lowest BCUT2D eigenvalue weighted by atomic mass is 10.1. The van der Waals surface area contributed by atoms with Gasteiger partial charge in [0.1, 0.15) is 12.1 Å². The zero-order valence-electron chi connectivity index (χ0n) is 16.6. The zero-order valence-corrected chi connectivity index (χ0v) is 16.6. The first kappa shape index (κ1) is 21.0. The van der Waals surface area contributed by atoms with Crippen LogP contribution in [0.15, 0.2) is 36.7 Å². The van der Waals surface area contributed by atoms with Gasteiger partial charge in [-0.25, -0.2) is 14.1 Å². The highest BCUT2D eigenvalue weighted by Gasteiger charge is 2.38. The van der Waals surface area contributed by atoms with Gasteiger partial charge < -0.3 is 0 Å². The lowest BCUT2D eigenvalue weighted by Gasteiger charge is -2.13. The van der Waals surface area contributed by atoms with Gasteiger partial charge >= 0.3 is 6.18 Å². The summed E-state index contributed by atoms with van der Waals surface area (Å²) in [6.07, 6.45) is -1.50. The molecule has 0 radical (unpaired) electrons. The Labute approximate surface area is 175 Å². The number of halogens is 4. The van der Waals surface area contributed by atoms with Crippen molar-refractivity contribution in [2.75, 3.05) is 5.32 Å². The Kier molecular flexibility index (Phi) is 5.50. The summed E-state index contributed by atoms with van der Waals surface area (Å²) in [5.41, 5.74) is 0.243. The predicted molar refractivity (Wildman–Crippen MR) is 103 cm³/mol. The van der Waals surface area contributed by atoms with Gasteiger partial charge in [0.25, 0.3) is 0 Å². The summed E-state index contributed by atoms with van der Waals surface area (Å²) in [5, 5.41) is 10.4. The maximum absolute atomic E-state index is 13.3. The molecule has 1 amide bonds. The van der Waals surface area contributed by atoms with Crippen LogP contribution in [0.5, 0.6) is 0 Å². The zero-order chi connectivity index (χ0) is 22.2. The van der Waals surface area contributed by atoms with E-state index in [0.29, 0.717) is 11.3 Å². The van der Waals surface area contributed by atoms with Crippen LogP contribution >= 0.6 is 0 Å². The number of anilines is 1. The van der Waals surface area contributed by atoms with E-state index in [1.807, 2.05) is 0 Å². The molecule has 3 aromatic rings. The van der Waals surface area contributed by atoms with E-state index >= 15 is 0 Å². The predicted octanol–water partition coefficient (Wildman–Crippen LogP) is 3.83. The lowest BCUT2D eigenvalue weighted by molar-refractivity contribution is -0.141. The van der Waals surface area contributed by atoms with Crippen molar-refractivity contribution in [1.29, 1.82) is 0 Å². The summed E-state index contributed by atoms with van der Waals surface area (Å²) in [5.74, 6) is -1.34. The van der Waals surface area contributed by atoms with Gasteiger partial charge in [-0.2, -0.15) is 18.3 Å². The molecule has 11 heteroatoms. The molecule has 1 unspecified atom stereocenters. The number of alkyl halides is 3. The SMILES string of the molecule is CC(Cn1nc(C(F)(F)F)cc1C1CC1)C(=O)Nc1ncn(Cc2cccc(F)c2)n1. The molecule has 1 N–H and O–H groups in total. The van der Waals surface area contributed by atoms with E-state index in [9.17, 15) is 22.4 Å². The average Bonchev–Trinajstić information content (AvgIpc) is 3.30. The minimum atomic E-state index is -4.53. The fraction of sp³-hybridized carbons (Fsp3) is 0.400. The number of carbonyl (C=O) groups is 1. The third-order valence-corrected chi connectivity index (χ3v) is 5.00. The number of carbonyl (C=O) groups excluding carboxylic acids is 1. The first-order valence-corrected chi connectivity index (χ1v) is 9.79. The molecular weight excluding hydrogens is 416 g/mol. The van der Waals surface area contributed by atoms with Crippen LogP contribution < -0.4 is 5.32 Å². The van der Waals surface area contributed by atoms with Crippen molar-refractivity contribution in [3.8, 4) is 0 Å². The van der Waals surface area contributed by atoms with Gasteiger partial charge in [-0.15, -0.1) is 5.10 Å². The van der Waals surface area contributed by atoms with Crippen LogP contribution in [0.25, 0.3) is 0 Å². The van der Waals surface area contributed by atoms with Crippen LogP contribution in [0.2, 0.25) is 0 Å². The average molecular weight is 436 g/mol. The Bertz CT molecular complexity index is 1090. The Morgan fingerprint density at radius 1 is 1.26 bits per heavy atom. The molecule has 1 saturated carbocycles. The normalized spacial score (nSPS) is 15.1. The molecule has 1 aromatic carbocycles. The van der Waals surface area contributed by atoms with Crippen molar-refractivity contribution in [1.82, 2.24) is 24.5 Å². The van der Waals surface area contributed by atoms with Crippen molar-refractivity contribution in [2.45, 2.75) is 44.9 Å². The van der Waals surface area contributed by atoms with E-state index in [2.05, 4.69) is 20.5 Å². The van der Waals surface area contributed by atoms with Crippen LogP contribution in [0.3, 0.4) is 0 Å². The molecule has 4 rings (SSSR count). The van der Waals surface area contributed by atoms with Gasteiger partial charge in [0.2, 0.25) is 11.9 Å². The second-order valence-electron chi connectivity index (χ2n) is 7.69. The Morgan fingerprint density at radius 3 is 2.71 bits per heavy atom. The number of hydrogen-bond acceptors (Lipinski definition) is 4. The van der Waals surface area contributed by atoms with E-state index in [1.165, 1.54) is 27.8 Å². The number of amides is 1. The van der Waals surface area contributed by atoms with Crippen LogP contribution in [-0.2, 0) is 24.1 Å². The number of benzene rings is 1.